The summed E-state index contributed by atoms with van der Waals surface area (Å²) in [5.41, 5.74) is 9.72. The Balaban J connectivity index is 0.000000185. The second-order valence-corrected chi connectivity index (χ2v) is 39.8. The first-order chi connectivity index (χ1) is 71.6. The number of likely N-dealkylation sites (tertiary alicyclic amines) is 1. The zero-order valence-corrected chi connectivity index (χ0v) is 91.2. The Bertz CT molecular complexity index is 5120. The average molecular weight is 2010 g/mol. The van der Waals surface area contributed by atoms with Crippen LogP contribution in [0.4, 0.5) is 0 Å². The second kappa shape index (κ2) is 66.0. The molecule has 5 aliphatic rings. The second-order valence-electron chi connectivity index (χ2n) is 39.8. The number of rotatable bonds is 25. The number of benzene rings is 6. The third kappa shape index (κ3) is 43.9. The topological polar surface area (TPSA) is 262 Å². The molecule has 1 aliphatic carbocycles. The van der Waals surface area contributed by atoms with Crippen LogP contribution in [0.1, 0.15) is 294 Å². The molecule has 5 fully saturated rings. The molecule has 6 aromatic carbocycles. The van der Waals surface area contributed by atoms with E-state index in [4.69, 9.17) is 47.4 Å². The van der Waals surface area contributed by atoms with Crippen molar-refractivity contribution < 1.29 is 57.0 Å². The number of hydrogen-bond donors (Lipinski definition) is 0. The summed E-state index contributed by atoms with van der Waals surface area (Å²) in [6.07, 6.45) is 30.0. The number of aromatic nitrogens is 10. The monoisotopic (exact) mass is 2010 g/mol. The van der Waals surface area contributed by atoms with Gasteiger partial charge in [0.05, 0.1) is 58.2 Å². The Morgan fingerprint density at radius 1 is 0.311 bits per heavy atom. The van der Waals surface area contributed by atoms with Gasteiger partial charge in [0.15, 0.2) is 0 Å². The molecule has 790 valence electrons. The van der Waals surface area contributed by atoms with Gasteiger partial charge in [-0.15, -0.1) is 5.10 Å². The lowest BCUT2D eigenvalue weighted by Gasteiger charge is -2.35. The van der Waals surface area contributed by atoms with E-state index in [-0.39, 0.29) is 12.0 Å². The molecule has 13 aromatic rings. The number of nitrogens with zero attached hydrogens (tertiary/aromatic N) is 12. The smallest absolute Gasteiger partial charge is 0.253 e. The maximum absolute atomic E-state index is 12.3. The molecular formula is C124H162N12O12. The number of piperidine rings is 1. The van der Waals surface area contributed by atoms with Crippen LogP contribution in [0, 0.1) is 29.6 Å². The fourth-order valence-electron chi connectivity index (χ4n) is 16.3. The first kappa shape index (κ1) is 118. The van der Waals surface area contributed by atoms with Gasteiger partial charge >= 0.3 is 0 Å². The number of pyridine rings is 4. The van der Waals surface area contributed by atoms with Gasteiger partial charge in [-0.1, -0.05) is 217 Å². The van der Waals surface area contributed by atoms with Crippen LogP contribution in [0.5, 0.6) is 69.4 Å². The minimum atomic E-state index is 0.191. The van der Waals surface area contributed by atoms with Crippen molar-refractivity contribution in [2.75, 3.05) is 65.8 Å². The van der Waals surface area contributed by atoms with E-state index in [1.54, 1.807) is 73.8 Å². The third-order valence-electron chi connectivity index (χ3n) is 25.6. The van der Waals surface area contributed by atoms with E-state index in [1.165, 1.54) is 59.0 Å². The molecule has 1 saturated carbocycles. The van der Waals surface area contributed by atoms with E-state index < -0.39 is 0 Å². The van der Waals surface area contributed by atoms with Gasteiger partial charge in [0, 0.05) is 143 Å². The van der Waals surface area contributed by atoms with Crippen LogP contribution in [0.15, 0.2) is 293 Å². The van der Waals surface area contributed by atoms with Crippen LogP contribution in [0.25, 0.3) is 0 Å². The van der Waals surface area contributed by atoms with Crippen molar-refractivity contribution in [3.05, 3.63) is 337 Å². The van der Waals surface area contributed by atoms with Crippen LogP contribution in [0.2, 0.25) is 0 Å². The molecule has 0 N–H and O–H groups in total. The van der Waals surface area contributed by atoms with Crippen molar-refractivity contribution in [1.82, 2.24) is 60.1 Å². The molecule has 1 atom stereocenters. The molecule has 0 unspecified atom stereocenters. The van der Waals surface area contributed by atoms with Crippen molar-refractivity contribution >= 4 is 11.8 Å². The molecule has 24 nitrogen and oxygen atoms in total. The quantitative estimate of drug-likeness (QED) is 0.0515. The lowest BCUT2D eigenvalue weighted by molar-refractivity contribution is -0.141. The van der Waals surface area contributed by atoms with Gasteiger partial charge in [-0.25, -0.2) is 15.0 Å². The summed E-state index contributed by atoms with van der Waals surface area (Å²) in [6.45, 7) is 51.5. The summed E-state index contributed by atoms with van der Waals surface area (Å²) < 4.78 is 55.7. The summed E-state index contributed by atoms with van der Waals surface area (Å²) >= 11 is 0. The van der Waals surface area contributed by atoms with Crippen LogP contribution in [0.3, 0.4) is 0 Å². The van der Waals surface area contributed by atoms with E-state index >= 15 is 0 Å². The highest BCUT2D eigenvalue weighted by atomic mass is 16.5. The van der Waals surface area contributed by atoms with Crippen molar-refractivity contribution in [3.8, 4) is 69.4 Å². The molecule has 4 aliphatic heterocycles. The van der Waals surface area contributed by atoms with Gasteiger partial charge < -0.3 is 57.2 Å². The first-order valence-corrected chi connectivity index (χ1v) is 53.3. The fourth-order valence-corrected chi connectivity index (χ4v) is 16.3. The van der Waals surface area contributed by atoms with Crippen LogP contribution in [-0.2, 0) is 19.0 Å². The first-order valence-electron chi connectivity index (χ1n) is 53.3. The van der Waals surface area contributed by atoms with Crippen molar-refractivity contribution in [3.63, 3.8) is 0 Å². The molecular weight excluding hydrogens is 1850 g/mol. The van der Waals surface area contributed by atoms with Gasteiger partial charge in [-0.05, 0) is 252 Å². The van der Waals surface area contributed by atoms with Gasteiger partial charge in [-0.3, -0.25) is 24.5 Å². The maximum Gasteiger partial charge on any atom is 0.253 e. The van der Waals surface area contributed by atoms with Gasteiger partial charge in [0.25, 0.3) is 5.91 Å². The van der Waals surface area contributed by atoms with Gasteiger partial charge in [-0.2, -0.15) is 15.3 Å². The fraction of sp³-hybridized carbons (Fsp3) is 0.435. The largest absolute Gasteiger partial charge is 0.490 e. The van der Waals surface area contributed by atoms with E-state index in [0.717, 1.165) is 173 Å². The number of carbonyl (C=O) groups excluding carboxylic acids is 2. The molecule has 7 aromatic heterocycles. The number of amides is 2. The third-order valence-corrected chi connectivity index (χ3v) is 25.6. The highest BCUT2D eigenvalue weighted by Crippen LogP contribution is 2.36. The number of hydrogen-bond acceptors (Lipinski definition) is 22. The predicted octanol–water partition coefficient (Wildman–Crippen LogP) is 30.2. The van der Waals surface area contributed by atoms with Crippen molar-refractivity contribution in [2.24, 2.45) is 29.6 Å². The predicted molar refractivity (Wildman–Crippen MR) is 592 cm³/mol. The summed E-state index contributed by atoms with van der Waals surface area (Å²) in [6, 6.07) is 72.7. The normalized spacial score (nSPS) is 15.4. The van der Waals surface area contributed by atoms with E-state index in [9.17, 15) is 9.59 Å². The van der Waals surface area contributed by atoms with Crippen molar-refractivity contribution in [2.45, 2.75) is 256 Å². The average Bonchev–Trinajstić information content (AvgIpc) is 0.841. The minimum Gasteiger partial charge on any atom is -0.490 e. The lowest BCUT2D eigenvalue weighted by atomic mass is 9.76. The zero-order valence-electron chi connectivity index (χ0n) is 91.2. The molecule has 148 heavy (non-hydrogen) atoms. The van der Waals surface area contributed by atoms with Crippen LogP contribution >= 0.6 is 0 Å². The SMILES string of the molecule is CC.CC(C)C1CCC(C(=O)N2CCOCC2)CC1.CC(C)[C@@H]1CCCN(C(=O)c2ccccc2)C1.CC(C)c1cc(OC2CCOCC2)ccn1.CC(C)c1ccc(Oc2cccnc2)cc1.CC(C)c1ccc(Oc2cccnn2)cc1.CC(C)c1ccc(Oc2ccncc2)cc1.CC(C)c1ccc(Oc2ccncn2)cc1.CC(C)c1ccc(Oc2ccnnc2)cc1.CC(C)c1ccnc(OC2CCOCC2)c1. The molecule has 2 amide bonds. The Labute approximate surface area is 882 Å². The minimum absolute atomic E-state index is 0.191. The zero-order chi connectivity index (χ0) is 106. The van der Waals surface area contributed by atoms with Crippen LogP contribution in [-0.4, -0.2) is 150 Å². The highest BCUT2D eigenvalue weighted by molar-refractivity contribution is 5.94. The van der Waals surface area contributed by atoms with Gasteiger partial charge in [0.1, 0.15) is 70.3 Å². The number of carbonyl (C=O) groups is 2. The summed E-state index contributed by atoms with van der Waals surface area (Å²) in [5.74, 6) is 16.6. The standard InChI is InChI=1S/C15H21NO.C14H25NO2.2C14H15NO.3C13H14N2O.2C13H19NO2.C2H6/c1-12(2)14-9-6-10-16(11-14)15(17)13-7-4-3-5-8-13;1-11(2)12-3-5-13(6-4-12)14(16)15-7-9-17-10-8-15;1-11(2)12-3-5-13(6-4-12)16-14-7-9-15-10-8-14;1-11(2)12-5-7-13(8-6-12)16-14-4-3-9-15-10-14;1-10(2)11-3-5-12(6-4-11)16-13-7-8-14-9-15-13;1-10(2)11-3-5-12(6-4-11)16-13-7-8-14-15-9-13;1-10(2)11-5-7-12(8-6-11)16-13-4-3-9-14-15-13;1-10(2)13-9-12(3-6-14-13)16-11-4-7-15-8-5-11;1-10(2)11-3-6-14-13(9-11)16-12-4-7-15-8-5-12;1-2/h3-5,7-8,12,14H,6,9-11H2,1-2H3;11-13H,3-10H2,1-2H3;2*3-11H,1-2H3;3*3-10H,1-2H3;3,6,9-11H,4-5,7-8H2,1-2H3;3,6,9-10,12H,4-5,7-8H2,1-2H3;1-2H3/t14-;;;;;;;;;/m1........./s1. The van der Waals surface area contributed by atoms with E-state index in [2.05, 4.69) is 236 Å². The van der Waals surface area contributed by atoms with Gasteiger partial charge in [0.2, 0.25) is 23.5 Å². The highest BCUT2D eigenvalue weighted by Gasteiger charge is 2.32. The molecule has 0 spiro atoms. The molecule has 11 heterocycles. The Kier molecular flexibility index (Phi) is 52.7. The van der Waals surface area contributed by atoms with E-state index in [0.29, 0.717) is 102 Å². The van der Waals surface area contributed by atoms with E-state index in [1.807, 2.05) is 176 Å². The van der Waals surface area contributed by atoms with Crippen molar-refractivity contribution in [1.29, 1.82) is 0 Å². The molecule has 18 rings (SSSR count). The number of ether oxygens (including phenoxy) is 10. The number of morpholine rings is 1. The molecule has 24 heteroatoms. The lowest BCUT2D eigenvalue weighted by Crippen LogP contribution is -2.44. The Hall–Kier alpha value is -13.4. The Morgan fingerprint density at radius 3 is 1.22 bits per heavy atom. The maximum atomic E-state index is 12.3. The molecule has 0 bridgehead atoms. The summed E-state index contributed by atoms with van der Waals surface area (Å²) in [7, 11) is 0. The summed E-state index contributed by atoms with van der Waals surface area (Å²) in [5, 5.41) is 15.1. The Morgan fingerprint density at radius 2 is 0.764 bits per heavy atom. The van der Waals surface area contributed by atoms with Crippen LogP contribution < -0.4 is 33.2 Å². The molecule has 0 radical (unpaired) electrons. The molecule has 4 saturated heterocycles. The summed E-state index contributed by atoms with van der Waals surface area (Å²) in [4.78, 5) is 53.0.